The maximum absolute atomic E-state index is 11.9. The summed E-state index contributed by atoms with van der Waals surface area (Å²) in [6.45, 7) is 4.59. The zero-order chi connectivity index (χ0) is 12.1. The zero-order valence-electron chi connectivity index (χ0n) is 10.1. The number of likely N-dealkylation sites (N-methyl/N-ethyl adjacent to an activating group) is 1. The zero-order valence-corrected chi connectivity index (χ0v) is 10.9. The van der Waals surface area contributed by atoms with E-state index in [9.17, 15) is 4.79 Å². The summed E-state index contributed by atoms with van der Waals surface area (Å²) in [5, 5.41) is 0. The van der Waals surface area contributed by atoms with Crippen molar-refractivity contribution >= 4 is 17.2 Å². The molecule has 5 heteroatoms. The van der Waals surface area contributed by atoms with Crippen LogP contribution in [-0.4, -0.2) is 28.9 Å². The molecule has 16 heavy (non-hydrogen) atoms. The van der Waals surface area contributed by atoms with E-state index < -0.39 is 0 Å². The number of nitrogens with two attached hydrogens (primary N) is 1. The first-order valence-corrected chi connectivity index (χ1v) is 6.33. The van der Waals surface area contributed by atoms with E-state index in [1.54, 1.807) is 28.8 Å². The summed E-state index contributed by atoms with van der Waals surface area (Å²) in [5.74, 6) is 0.00894. The Balaban J connectivity index is 2.55. The maximum Gasteiger partial charge on any atom is 0.239 e. The lowest BCUT2D eigenvalue weighted by atomic mass is 10.1. The number of carbonyl (C=O) groups is 1. The van der Waals surface area contributed by atoms with E-state index in [2.05, 4.69) is 4.98 Å². The highest BCUT2D eigenvalue weighted by molar-refractivity contribution is 7.09. The van der Waals surface area contributed by atoms with Crippen LogP contribution in [0.15, 0.2) is 5.51 Å². The van der Waals surface area contributed by atoms with E-state index in [0.717, 1.165) is 23.4 Å². The number of hydrogen-bond acceptors (Lipinski definition) is 4. The molecule has 1 amide bonds. The molecule has 0 fully saturated rings. The first-order valence-electron chi connectivity index (χ1n) is 5.45. The highest BCUT2D eigenvalue weighted by Gasteiger charge is 2.18. The van der Waals surface area contributed by atoms with Gasteiger partial charge in [-0.1, -0.05) is 13.3 Å². The third kappa shape index (κ3) is 3.28. The van der Waals surface area contributed by atoms with E-state index in [4.69, 9.17) is 5.73 Å². The number of rotatable bonds is 5. The van der Waals surface area contributed by atoms with Gasteiger partial charge >= 0.3 is 0 Å². The summed E-state index contributed by atoms with van der Waals surface area (Å²) in [7, 11) is 1.79. The van der Waals surface area contributed by atoms with Crippen molar-refractivity contribution in [1.82, 2.24) is 9.88 Å². The Hall–Kier alpha value is -0.940. The second-order valence-electron chi connectivity index (χ2n) is 3.95. The summed E-state index contributed by atoms with van der Waals surface area (Å²) >= 11 is 1.57. The van der Waals surface area contributed by atoms with Crippen molar-refractivity contribution in [1.29, 1.82) is 0 Å². The van der Waals surface area contributed by atoms with Gasteiger partial charge in [-0.25, -0.2) is 4.98 Å². The predicted molar refractivity (Wildman–Crippen MR) is 66.2 cm³/mol. The van der Waals surface area contributed by atoms with E-state index >= 15 is 0 Å². The Morgan fingerprint density at radius 3 is 2.88 bits per heavy atom. The molecular weight excluding hydrogens is 222 g/mol. The fourth-order valence-electron chi connectivity index (χ4n) is 1.49. The van der Waals surface area contributed by atoms with Crippen molar-refractivity contribution in [3.8, 4) is 0 Å². The van der Waals surface area contributed by atoms with E-state index in [1.165, 1.54) is 0 Å². The molecule has 0 spiro atoms. The molecule has 0 bridgehead atoms. The number of nitrogens with zero attached hydrogens (tertiary/aromatic N) is 2. The summed E-state index contributed by atoms with van der Waals surface area (Å²) in [6, 6.07) is -0.372. The molecule has 90 valence electrons. The van der Waals surface area contributed by atoms with Crippen molar-refractivity contribution in [2.45, 2.75) is 39.3 Å². The van der Waals surface area contributed by atoms with Crippen molar-refractivity contribution < 1.29 is 4.79 Å². The Morgan fingerprint density at radius 2 is 2.38 bits per heavy atom. The smallest absolute Gasteiger partial charge is 0.239 e. The Labute approximate surface area is 100 Å². The van der Waals surface area contributed by atoms with Crippen molar-refractivity contribution in [3.05, 3.63) is 16.1 Å². The lowest BCUT2D eigenvalue weighted by molar-refractivity contribution is -0.131. The minimum Gasteiger partial charge on any atom is -0.339 e. The average molecular weight is 241 g/mol. The topological polar surface area (TPSA) is 59.2 Å². The van der Waals surface area contributed by atoms with Crippen LogP contribution < -0.4 is 5.73 Å². The molecule has 0 saturated carbocycles. The van der Waals surface area contributed by atoms with Gasteiger partial charge < -0.3 is 10.6 Å². The highest BCUT2D eigenvalue weighted by Crippen LogP contribution is 2.14. The number of carbonyl (C=O) groups excluding carboxylic acids is 1. The third-order valence-electron chi connectivity index (χ3n) is 2.52. The first kappa shape index (κ1) is 13.1. The van der Waals surface area contributed by atoms with Gasteiger partial charge in [-0.2, -0.15) is 0 Å². The second-order valence-corrected chi connectivity index (χ2v) is 4.89. The normalized spacial score (nSPS) is 12.5. The van der Waals surface area contributed by atoms with Crippen LogP contribution in [0.2, 0.25) is 0 Å². The van der Waals surface area contributed by atoms with Crippen LogP contribution in [0.25, 0.3) is 0 Å². The van der Waals surface area contributed by atoms with E-state index in [1.807, 2.05) is 13.8 Å². The molecule has 4 nitrogen and oxygen atoms in total. The average Bonchev–Trinajstić information content (AvgIpc) is 2.63. The lowest BCUT2D eigenvalue weighted by Crippen LogP contribution is -2.41. The molecule has 0 aromatic carbocycles. The van der Waals surface area contributed by atoms with Crippen molar-refractivity contribution in [2.24, 2.45) is 5.73 Å². The molecule has 2 N–H and O–H groups in total. The van der Waals surface area contributed by atoms with Crippen LogP contribution in [-0.2, 0) is 11.3 Å². The van der Waals surface area contributed by atoms with Crippen LogP contribution >= 0.6 is 11.3 Å². The number of hydrogen-bond donors (Lipinski definition) is 1. The summed E-state index contributed by atoms with van der Waals surface area (Å²) in [4.78, 5) is 18.8. The van der Waals surface area contributed by atoms with Gasteiger partial charge in [0, 0.05) is 11.9 Å². The van der Waals surface area contributed by atoms with Crippen molar-refractivity contribution in [2.75, 3.05) is 7.05 Å². The molecule has 1 rings (SSSR count). The largest absolute Gasteiger partial charge is 0.339 e. The molecule has 0 aliphatic heterocycles. The molecule has 1 unspecified atom stereocenters. The SMILES string of the molecule is CCCC(N)C(=O)N(C)Cc1scnc1C. The minimum absolute atomic E-state index is 0.00894. The standard InChI is InChI=1S/C11H19N3OS/c1-4-5-9(12)11(15)14(3)6-10-8(2)13-7-16-10/h7,9H,4-6,12H2,1-3H3. The van der Waals surface area contributed by atoms with Gasteiger partial charge in [0.05, 0.1) is 23.8 Å². The number of aromatic nitrogens is 1. The minimum atomic E-state index is -0.372. The van der Waals surface area contributed by atoms with Gasteiger partial charge in [0.1, 0.15) is 0 Å². The van der Waals surface area contributed by atoms with Crippen LogP contribution in [0.1, 0.15) is 30.3 Å². The van der Waals surface area contributed by atoms with Gasteiger partial charge in [0.25, 0.3) is 0 Å². The Bertz CT molecular complexity index is 351. The van der Waals surface area contributed by atoms with E-state index in [-0.39, 0.29) is 11.9 Å². The summed E-state index contributed by atoms with van der Waals surface area (Å²) < 4.78 is 0. The number of aryl methyl sites for hydroxylation is 1. The predicted octanol–water partition coefficient (Wildman–Crippen LogP) is 1.54. The van der Waals surface area contributed by atoms with Gasteiger partial charge in [0.2, 0.25) is 5.91 Å². The number of thiazole rings is 1. The van der Waals surface area contributed by atoms with Crippen LogP contribution in [0, 0.1) is 6.92 Å². The van der Waals surface area contributed by atoms with Crippen LogP contribution in [0.3, 0.4) is 0 Å². The Morgan fingerprint density at radius 1 is 1.69 bits per heavy atom. The first-order chi connectivity index (χ1) is 7.56. The summed E-state index contributed by atoms with van der Waals surface area (Å²) in [6.07, 6.45) is 1.67. The highest BCUT2D eigenvalue weighted by atomic mass is 32.1. The Kier molecular flexibility index (Phi) is 4.89. The summed E-state index contributed by atoms with van der Waals surface area (Å²) in [5.41, 5.74) is 8.59. The lowest BCUT2D eigenvalue weighted by Gasteiger charge is -2.20. The van der Waals surface area contributed by atoms with Gasteiger partial charge in [-0.15, -0.1) is 11.3 Å². The molecule has 1 heterocycles. The number of amides is 1. The fourth-order valence-corrected chi connectivity index (χ4v) is 2.32. The quantitative estimate of drug-likeness (QED) is 0.850. The molecule has 0 radical (unpaired) electrons. The molecule has 0 saturated heterocycles. The third-order valence-corrected chi connectivity index (χ3v) is 3.44. The van der Waals surface area contributed by atoms with Crippen molar-refractivity contribution in [3.63, 3.8) is 0 Å². The van der Waals surface area contributed by atoms with Gasteiger partial charge in [-0.05, 0) is 13.3 Å². The second kappa shape index (κ2) is 5.96. The van der Waals surface area contributed by atoms with Crippen LogP contribution in [0.4, 0.5) is 0 Å². The molecule has 1 aromatic rings. The van der Waals surface area contributed by atoms with Crippen LogP contribution in [0.5, 0.6) is 0 Å². The molecule has 1 atom stereocenters. The maximum atomic E-state index is 11.9. The fraction of sp³-hybridized carbons (Fsp3) is 0.636. The van der Waals surface area contributed by atoms with Gasteiger partial charge in [-0.3, -0.25) is 4.79 Å². The van der Waals surface area contributed by atoms with E-state index in [0.29, 0.717) is 6.54 Å². The molecule has 0 aliphatic carbocycles. The molecule has 0 aliphatic rings. The monoisotopic (exact) mass is 241 g/mol. The molecule has 1 aromatic heterocycles. The molecular formula is C11H19N3OS. The van der Waals surface area contributed by atoms with Gasteiger partial charge in [0.15, 0.2) is 0 Å².